The molecule has 2 aromatic rings. The van der Waals surface area contributed by atoms with E-state index in [1.807, 2.05) is 32.9 Å². The van der Waals surface area contributed by atoms with Crippen molar-refractivity contribution in [1.29, 1.82) is 5.41 Å². The van der Waals surface area contributed by atoms with Crippen molar-refractivity contribution in [2.75, 3.05) is 26.2 Å². The van der Waals surface area contributed by atoms with E-state index in [1.165, 1.54) is 4.31 Å². The van der Waals surface area contributed by atoms with Crippen LogP contribution in [-0.4, -0.2) is 55.5 Å². The highest BCUT2D eigenvalue weighted by Crippen LogP contribution is 2.26. The number of amidine groups is 1. The molecule has 1 heterocycles. The summed E-state index contributed by atoms with van der Waals surface area (Å²) >= 11 is 0. The van der Waals surface area contributed by atoms with E-state index in [4.69, 9.17) is 11.1 Å². The Kier molecular flexibility index (Phi) is 5.77. The molecule has 0 unspecified atom stereocenters. The maximum absolute atomic E-state index is 13.2. The van der Waals surface area contributed by atoms with Gasteiger partial charge >= 0.3 is 0 Å². The fourth-order valence-corrected chi connectivity index (χ4v) is 5.64. The van der Waals surface area contributed by atoms with E-state index in [1.54, 1.807) is 29.2 Å². The summed E-state index contributed by atoms with van der Waals surface area (Å²) in [6.07, 6.45) is 0. The molecular weight excluding hydrogens is 388 g/mol. The van der Waals surface area contributed by atoms with Gasteiger partial charge in [-0.05, 0) is 44.0 Å². The number of nitrogens with one attached hydrogen (secondary N) is 1. The van der Waals surface area contributed by atoms with E-state index in [-0.39, 0.29) is 24.8 Å². The van der Waals surface area contributed by atoms with Gasteiger partial charge in [-0.25, -0.2) is 8.42 Å². The minimum atomic E-state index is -3.61. The van der Waals surface area contributed by atoms with Crippen LogP contribution in [0.5, 0.6) is 0 Å². The van der Waals surface area contributed by atoms with E-state index in [0.29, 0.717) is 29.1 Å². The predicted octanol–water partition coefficient (Wildman–Crippen LogP) is 2.04. The van der Waals surface area contributed by atoms with Crippen LogP contribution in [0, 0.1) is 26.2 Å². The Morgan fingerprint density at radius 1 is 0.931 bits per heavy atom. The van der Waals surface area contributed by atoms with Gasteiger partial charge < -0.3 is 10.6 Å². The van der Waals surface area contributed by atoms with Crippen molar-refractivity contribution in [3.05, 3.63) is 64.2 Å². The molecule has 0 aromatic heterocycles. The molecule has 1 amide bonds. The van der Waals surface area contributed by atoms with Crippen LogP contribution in [0.15, 0.2) is 41.3 Å². The third-order valence-corrected chi connectivity index (χ3v) is 7.38. The Balaban J connectivity index is 1.73. The predicted molar refractivity (Wildman–Crippen MR) is 113 cm³/mol. The second-order valence-corrected chi connectivity index (χ2v) is 9.29. The molecule has 0 radical (unpaired) electrons. The summed E-state index contributed by atoms with van der Waals surface area (Å²) in [6.45, 7) is 6.75. The number of hydrogen-bond acceptors (Lipinski definition) is 4. The van der Waals surface area contributed by atoms with E-state index in [9.17, 15) is 13.2 Å². The van der Waals surface area contributed by atoms with Crippen molar-refractivity contribution < 1.29 is 13.2 Å². The first-order valence-corrected chi connectivity index (χ1v) is 10.9. The van der Waals surface area contributed by atoms with Crippen LogP contribution in [-0.2, 0) is 10.0 Å². The highest BCUT2D eigenvalue weighted by atomic mass is 32.2. The molecule has 0 saturated carbocycles. The molecule has 1 aliphatic heterocycles. The van der Waals surface area contributed by atoms with Gasteiger partial charge in [0, 0.05) is 37.3 Å². The largest absolute Gasteiger partial charge is 0.384 e. The van der Waals surface area contributed by atoms with E-state index >= 15 is 0 Å². The SMILES string of the molecule is Cc1cc(C)c(S(=O)(=O)N2CCN(C(=O)c3ccc(C(=N)N)cc3)CC2)c(C)c1. The summed E-state index contributed by atoms with van der Waals surface area (Å²) in [5.41, 5.74) is 9.01. The van der Waals surface area contributed by atoms with Crippen LogP contribution in [0.3, 0.4) is 0 Å². The van der Waals surface area contributed by atoms with E-state index in [0.717, 1.165) is 16.7 Å². The zero-order chi connectivity index (χ0) is 21.3. The van der Waals surface area contributed by atoms with Gasteiger partial charge in [0.05, 0.1) is 4.90 Å². The van der Waals surface area contributed by atoms with Gasteiger partial charge in [0.15, 0.2) is 0 Å². The van der Waals surface area contributed by atoms with Gasteiger partial charge in [0.2, 0.25) is 10.0 Å². The summed E-state index contributed by atoms with van der Waals surface area (Å²) in [6, 6.07) is 10.3. The molecular formula is C21H26N4O3S. The number of sulfonamides is 1. The lowest BCUT2D eigenvalue weighted by atomic mass is 10.1. The van der Waals surface area contributed by atoms with E-state index in [2.05, 4.69) is 0 Å². The molecule has 7 nitrogen and oxygen atoms in total. The highest BCUT2D eigenvalue weighted by Gasteiger charge is 2.32. The third kappa shape index (κ3) is 4.18. The van der Waals surface area contributed by atoms with Crippen molar-refractivity contribution in [2.24, 2.45) is 5.73 Å². The second-order valence-electron chi connectivity index (χ2n) is 7.42. The van der Waals surface area contributed by atoms with Crippen LogP contribution in [0.4, 0.5) is 0 Å². The number of aryl methyl sites for hydroxylation is 3. The Labute approximate surface area is 171 Å². The van der Waals surface area contributed by atoms with Gasteiger partial charge in [-0.2, -0.15) is 4.31 Å². The smallest absolute Gasteiger partial charge is 0.253 e. The summed E-state index contributed by atoms with van der Waals surface area (Å²) in [5.74, 6) is -0.204. The van der Waals surface area contributed by atoms with Crippen LogP contribution < -0.4 is 5.73 Å². The zero-order valence-electron chi connectivity index (χ0n) is 16.9. The molecule has 3 N–H and O–H groups in total. The number of carbonyl (C=O) groups is 1. The molecule has 29 heavy (non-hydrogen) atoms. The number of benzene rings is 2. The number of nitrogens with two attached hydrogens (primary N) is 1. The van der Waals surface area contributed by atoms with Crippen LogP contribution in [0.25, 0.3) is 0 Å². The van der Waals surface area contributed by atoms with Crippen LogP contribution >= 0.6 is 0 Å². The molecule has 0 bridgehead atoms. The fraction of sp³-hybridized carbons (Fsp3) is 0.333. The summed E-state index contributed by atoms with van der Waals surface area (Å²) in [7, 11) is -3.61. The molecule has 0 aliphatic carbocycles. The molecule has 3 rings (SSSR count). The summed E-state index contributed by atoms with van der Waals surface area (Å²) in [5, 5.41) is 7.42. The second kappa shape index (κ2) is 7.96. The summed E-state index contributed by atoms with van der Waals surface area (Å²) < 4.78 is 27.8. The first kappa shape index (κ1) is 21.0. The Morgan fingerprint density at radius 3 is 1.90 bits per heavy atom. The minimum absolute atomic E-state index is 0.0514. The van der Waals surface area contributed by atoms with Crippen LogP contribution in [0.2, 0.25) is 0 Å². The first-order chi connectivity index (χ1) is 13.6. The molecule has 1 fully saturated rings. The third-order valence-electron chi connectivity index (χ3n) is 5.17. The maximum atomic E-state index is 13.2. The number of carbonyl (C=O) groups excluding carboxylic acids is 1. The standard InChI is InChI=1S/C21H26N4O3S/c1-14-12-15(2)19(16(3)13-14)29(27,28)25-10-8-24(9-11-25)21(26)18-6-4-17(5-7-18)20(22)23/h4-7,12-13H,8-11H2,1-3H3,(H3,22,23). The number of piperazine rings is 1. The average molecular weight is 415 g/mol. The van der Waals surface area contributed by atoms with E-state index < -0.39 is 10.0 Å². The van der Waals surface area contributed by atoms with Gasteiger partial charge in [-0.15, -0.1) is 0 Å². The van der Waals surface area contributed by atoms with Crippen molar-refractivity contribution >= 4 is 21.8 Å². The molecule has 154 valence electrons. The Bertz CT molecular complexity index is 1030. The molecule has 0 atom stereocenters. The maximum Gasteiger partial charge on any atom is 0.253 e. The van der Waals surface area contributed by atoms with Crippen molar-refractivity contribution in [3.8, 4) is 0 Å². The molecule has 0 spiro atoms. The Morgan fingerprint density at radius 2 is 1.41 bits per heavy atom. The van der Waals surface area contributed by atoms with Crippen molar-refractivity contribution in [3.63, 3.8) is 0 Å². The molecule has 1 aliphatic rings. The average Bonchev–Trinajstić information content (AvgIpc) is 2.66. The van der Waals surface area contributed by atoms with Crippen LogP contribution in [0.1, 0.15) is 32.6 Å². The Hall–Kier alpha value is -2.71. The summed E-state index contributed by atoms with van der Waals surface area (Å²) in [4.78, 5) is 14.7. The molecule has 1 saturated heterocycles. The van der Waals surface area contributed by atoms with Gasteiger partial charge in [-0.1, -0.05) is 29.8 Å². The van der Waals surface area contributed by atoms with Gasteiger partial charge in [0.25, 0.3) is 5.91 Å². The van der Waals surface area contributed by atoms with Gasteiger partial charge in [0.1, 0.15) is 5.84 Å². The highest BCUT2D eigenvalue weighted by molar-refractivity contribution is 7.89. The number of rotatable bonds is 4. The number of nitrogens with zero attached hydrogens (tertiary/aromatic N) is 2. The molecule has 2 aromatic carbocycles. The zero-order valence-corrected chi connectivity index (χ0v) is 17.7. The molecule has 8 heteroatoms. The lowest BCUT2D eigenvalue weighted by Crippen LogP contribution is -2.50. The van der Waals surface area contributed by atoms with Crippen molar-refractivity contribution in [2.45, 2.75) is 25.7 Å². The minimum Gasteiger partial charge on any atom is -0.384 e. The lowest BCUT2D eigenvalue weighted by Gasteiger charge is -2.34. The topological polar surface area (TPSA) is 108 Å². The number of amides is 1. The quantitative estimate of drug-likeness (QED) is 0.590. The lowest BCUT2D eigenvalue weighted by molar-refractivity contribution is 0.0698. The monoisotopic (exact) mass is 414 g/mol. The fourth-order valence-electron chi connectivity index (χ4n) is 3.81. The number of hydrogen-bond donors (Lipinski definition) is 2. The first-order valence-electron chi connectivity index (χ1n) is 9.43. The number of nitrogen functional groups attached to an aromatic ring is 1. The van der Waals surface area contributed by atoms with Crippen molar-refractivity contribution in [1.82, 2.24) is 9.21 Å². The van der Waals surface area contributed by atoms with Gasteiger partial charge in [-0.3, -0.25) is 10.2 Å². The normalized spacial score (nSPS) is 15.3.